The van der Waals surface area contributed by atoms with Crippen LogP contribution in [0.2, 0.25) is 0 Å². The molecule has 0 saturated carbocycles. The molecule has 2 aromatic rings. The van der Waals surface area contributed by atoms with Crippen molar-refractivity contribution < 1.29 is 9.59 Å². The van der Waals surface area contributed by atoms with Gasteiger partial charge in [-0.05, 0) is 45.9 Å². The number of amides is 2. The molecule has 6 nitrogen and oxygen atoms in total. The average Bonchev–Trinajstić information content (AvgIpc) is 2.76. The Kier molecular flexibility index (Phi) is 9.72. The Labute approximate surface area is 203 Å². The fraction of sp³-hybridized carbons (Fsp3) is 0.429. The molecule has 0 aliphatic heterocycles. The molecule has 0 aliphatic carbocycles. The van der Waals surface area contributed by atoms with E-state index in [-0.39, 0.29) is 22.6 Å². The van der Waals surface area contributed by atoms with Crippen LogP contribution in [0.15, 0.2) is 58.7 Å². The highest BCUT2D eigenvalue weighted by molar-refractivity contribution is 5.83. The molecule has 34 heavy (non-hydrogen) atoms. The maximum Gasteiger partial charge on any atom is 0.240 e. The number of rotatable bonds is 9. The van der Waals surface area contributed by atoms with Crippen molar-refractivity contribution in [2.75, 3.05) is 0 Å². The van der Waals surface area contributed by atoms with Gasteiger partial charge in [0.25, 0.3) is 0 Å². The molecule has 2 aromatic carbocycles. The van der Waals surface area contributed by atoms with Gasteiger partial charge in [0.05, 0.1) is 12.4 Å². The number of hydrogen-bond donors (Lipinski definition) is 2. The van der Waals surface area contributed by atoms with Gasteiger partial charge in [0, 0.05) is 12.8 Å². The van der Waals surface area contributed by atoms with Crippen LogP contribution in [0.25, 0.3) is 0 Å². The van der Waals surface area contributed by atoms with E-state index < -0.39 is 0 Å². The summed E-state index contributed by atoms with van der Waals surface area (Å²) < 4.78 is 0. The molecule has 0 fully saturated rings. The molecule has 2 amide bonds. The second kappa shape index (κ2) is 12.3. The molecule has 0 radical (unpaired) electrons. The second-order valence-electron chi connectivity index (χ2n) is 10.5. The van der Waals surface area contributed by atoms with Gasteiger partial charge in [-0.2, -0.15) is 10.2 Å². The van der Waals surface area contributed by atoms with Crippen LogP contribution in [0.1, 0.15) is 89.5 Å². The molecule has 0 unspecified atom stereocenters. The Morgan fingerprint density at radius 3 is 1.26 bits per heavy atom. The van der Waals surface area contributed by atoms with Crippen molar-refractivity contribution in [1.29, 1.82) is 0 Å². The lowest BCUT2D eigenvalue weighted by atomic mass is 9.87. The van der Waals surface area contributed by atoms with Gasteiger partial charge >= 0.3 is 0 Å². The van der Waals surface area contributed by atoms with Crippen molar-refractivity contribution in [2.45, 2.75) is 78.1 Å². The number of hydrazone groups is 2. The van der Waals surface area contributed by atoms with Crippen LogP contribution in [0, 0.1) is 0 Å². The number of nitrogens with zero attached hydrogens (tertiary/aromatic N) is 2. The van der Waals surface area contributed by atoms with Crippen LogP contribution in [0.3, 0.4) is 0 Å². The zero-order valence-electron chi connectivity index (χ0n) is 21.3. The SMILES string of the molecule is CC(C)(C)c1ccc(C=NNC(=O)CCCCC(=O)NN=Cc2ccc(C(C)(C)C)cc2)cc1. The first-order chi connectivity index (χ1) is 15.9. The summed E-state index contributed by atoms with van der Waals surface area (Å²) in [5.74, 6) is -0.334. The van der Waals surface area contributed by atoms with Crippen molar-refractivity contribution >= 4 is 24.2 Å². The summed E-state index contributed by atoms with van der Waals surface area (Å²) in [5, 5.41) is 8.02. The molecule has 6 heteroatoms. The van der Waals surface area contributed by atoms with Crippen molar-refractivity contribution in [3.8, 4) is 0 Å². The maximum atomic E-state index is 11.9. The zero-order chi connectivity index (χ0) is 25.2. The fourth-order valence-electron chi connectivity index (χ4n) is 3.18. The van der Waals surface area contributed by atoms with E-state index in [1.807, 2.05) is 24.3 Å². The topological polar surface area (TPSA) is 82.9 Å². The molecule has 2 N–H and O–H groups in total. The quantitative estimate of drug-likeness (QED) is 0.295. The van der Waals surface area contributed by atoms with Crippen LogP contribution in [-0.2, 0) is 20.4 Å². The van der Waals surface area contributed by atoms with Crippen LogP contribution in [-0.4, -0.2) is 24.2 Å². The van der Waals surface area contributed by atoms with Crippen LogP contribution >= 0.6 is 0 Å². The molecule has 0 saturated heterocycles. The second-order valence-corrected chi connectivity index (χ2v) is 10.5. The van der Waals surface area contributed by atoms with Crippen LogP contribution in [0.4, 0.5) is 0 Å². The van der Waals surface area contributed by atoms with Gasteiger partial charge in [0.2, 0.25) is 11.8 Å². The molecule has 0 atom stereocenters. The van der Waals surface area contributed by atoms with E-state index in [4.69, 9.17) is 0 Å². The summed E-state index contributed by atoms with van der Waals surface area (Å²) in [6.45, 7) is 13.0. The van der Waals surface area contributed by atoms with Crippen molar-refractivity contribution in [3.63, 3.8) is 0 Å². The molecule has 0 heterocycles. The van der Waals surface area contributed by atoms with Gasteiger partial charge in [-0.15, -0.1) is 0 Å². The predicted octanol–water partition coefficient (Wildman–Crippen LogP) is 5.44. The average molecular weight is 463 g/mol. The third-order valence-electron chi connectivity index (χ3n) is 5.42. The minimum atomic E-state index is -0.167. The number of carbonyl (C=O) groups is 2. The van der Waals surface area contributed by atoms with Crippen LogP contribution in [0.5, 0.6) is 0 Å². The number of nitrogens with one attached hydrogen (secondary N) is 2. The number of carbonyl (C=O) groups excluding carboxylic acids is 2. The van der Waals surface area contributed by atoms with E-state index in [0.717, 1.165) is 11.1 Å². The first kappa shape index (κ1) is 27.0. The van der Waals surface area contributed by atoms with E-state index in [1.165, 1.54) is 11.1 Å². The predicted molar refractivity (Wildman–Crippen MR) is 140 cm³/mol. The van der Waals surface area contributed by atoms with E-state index in [1.54, 1.807) is 12.4 Å². The third-order valence-corrected chi connectivity index (χ3v) is 5.42. The lowest BCUT2D eigenvalue weighted by Gasteiger charge is -2.18. The van der Waals surface area contributed by atoms with Crippen LogP contribution < -0.4 is 10.9 Å². The number of hydrogen-bond acceptors (Lipinski definition) is 4. The summed E-state index contributed by atoms with van der Waals surface area (Å²) in [6.07, 6.45) is 5.10. The smallest absolute Gasteiger partial charge is 0.240 e. The van der Waals surface area contributed by atoms with E-state index in [2.05, 4.69) is 86.9 Å². The van der Waals surface area contributed by atoms with Crippen molar-refractivity contribution in [3.05, 3.63) is 70.8 Å². The highest BCUT2D eigenvalue weighted by Gasteiger charge is 2.13. The monoisotopic (exact) mass is 462 g/mol. The molecule has 0 aromatic heterocycles. The highest BCUT2D eigenvalue weighted by Crippen LogP contribution is 2.22. The molecule has 0 spiro atoms. The highest BCUT2D eigenvalue weighted by atomic mass is 16.2. The Morgan fingerprint density at radius 1 is 0.647 bits per heavy atom. The number of benzene rings is 2. The molecular weight excluding hydrogens is 424 g/mol. The number of unbranched alkanes of at least 4 members (excludes halogenated alkanes) is 1. The van der Waals surface area contributed by atoms with E-state index in [9.17, 15) is 9.59 Å². The first-order valence-electron chi connectivity index (χ1n) is 11.8. The standard InChI is InChI=1S/C28H38N4O2/c1-27(2,3)23-15-11-21(12-16-23)19-29-31-25(33)9-7-8-10-26(34)32-30-20-22-13-17-24(18-14-22)28(4,5)6/h11-20H,7-10H2,1-6H3,(H,31,33)(H,32,34). The van der Waals surface area contributed by atoms with E-state index >= 15 is 0 Å². The maximum absolute atomic E-state index is 11.9. The Hall–Kier alpha value is -3.28. The third kappa shape index (κ3) is 9.69. The first-order valence-corrected chi connectivity index (χ1v) is 11.8. The van der Waals surface area contributed by atoms with Gasteiger partial charge in [0.15, 0.2) is 0 Å². The van der Waals surface area contributed by atoms with Gasteiger partial charge in [-0.3, -0.25) is 9.59 Å². The molecular formula is C28H38N4O2. The molecule has 182 valence electrons. The molecule has 2 rings (SSSR count). The lowest BCUT2D eigenvalue weighted by Crippen LogP contribution is -2.19. The summed E-state index contributed by atoms with van der Waals surface area (Å²) in [5.41, 5.74) is 9.63. The Morgan fingerprint density at radius 2 is 0.971 bits per heavy atom. The minimum Gasteiger partial charge on any atom is -0.273 e. The minimum absolute atomic E-state index is 0.103. The zero-order valence-corrected chi connectivity index (χ0v) is 21.3. The normalized spacial score (nSPS) is 12.3. The Bertz CT molecular complexity index is 909. The van der Waals surface area contributed by atoms with Gasteiger partial charge in [-0.1, -0.05) is 90.1 Å². The van der Waals surface area contributed by atoms with Gasteiger partial charge in [-0.25, -0.2) is 10.9 Å². The lowest BCUT2D eigenvalue weighted by molar-refractivity contribution is -0.123. The summed E-state index contributed by atoms with van der Waals surface area (Å²) >= 11 is 0. The summed E-state index contributed by atoms with van der Waals surface area (Å²) in [7, 11) is 0. The summed E-state index contributed by atoms with van der Waals surface area (Å²) in [6, 6.07) is 16.2. The van der Waals surface area contributed by atoms with Gasteiger partial charge in [0.1, 0.15) is 0 Å². The van der Waals surface area contributed by atoms with E-state index in [0.29, 0.717) is 25.7 Å². The molecule has 0 aliphatic rings. The molecule has 0 bridgehead atoms. The van der Waals surface area contributed by atoms with Gasteiger partial charge < -0.3 is 0 Å². The largest absolute Gasteiger partial charge is 0.273 e. The fourth-order valence-corrected chi connectivity index (χ4v) is 3.18. The Balaban J connectivity index is 1.62. The van der Waals surface area contributed by atoms with Crippen molar-refractivity contribution in [1.82, 2.24) is 10.9 Å². The summed E-state index contributed by atoms with van der Waals surface area (Å²) in [4.78, 5) is 23.9. The van der Waals surface area contributed by atoms with Crippen molar-refractivity contribution in [2.24, 2.45) is 10.2 Å².